The predicted molar refractivity (Wildman–Crippen MR) is 79.4 cm³/mol. The van der Waals surface area contributed by atoms with E-state index < -0.39 is 0 Å². The van der Waals surface area contributed by atoms with Crippen molar-refractivity contribution in [3.05, 3.63) is 32.9 Å². The number of halogens is 1. The van der Waals surface area contributed by atoms with Crippen molar-refractivity contribution in [2.24, 2.45) is 0 Å². The Kier molecular flexibility index (Phi) is 4.55. The van der Waals surface area contributed by atoms with Gasteiger partial charge in [-0.25, -0.2) is 0 Å². The van der Waals surface area contributed by atoms with E-state index in [0.717, 1.165) is 13.5 Å². The third kappa shape index (κ3) is 3.00. The fourth-order valence-corrected chi connectivity index (χ4v) is 3.95. The molecule has 18 heavy (non-hydrogen) atoms. The Labute approximate surface area is 122 Å². The highest BCUT2D eigenvalue weighted by Gasteiger charge is 2.14. The molecule has 1 amide bonds. The van der Waals surface area contributed by atoms with Gasteiger partial charge in [-0.1, -0.05) is 0 Å². The minimum Gasteiger partial charge on any atom is -0.395 e. The molecule has 1 N–H and O–H groups in total. The molecule has 6 heteroatoms. The molecule has 0 saturated carbocycles. The van der Waals surface area contributed by atoms with Crippen LogP contribution in [0.1, 0.15) is 9.67 Å². The highest BCUT2D eigenvalue weighted by atomic mass is 79.9. The Morgan fingerprint density at radius 3 is 2.56 bits per heavy atom. The molecular weight excluding hydrogens is 334 g/mol. The van der Waals surface area contributed by atoms with Gasteiger partial charge in [-0.2, -0.15) is 0 Å². The standard InChI is InChI=1S/C12H12BrNO2S2/c1-14(6-7-15)12(16)10-3-2-8(17-10)9-4-5-11(13)18-9/h2-5,15H,6-7H2,1H3. The second-order valence-electron chi connectivity index (χ2n) is 3.72. The zero-order valence-electron chi connectivity index (χ0n) is 9.72. The van der Waals surface area contributed by atoms with E-state index in [2.05, 4.69) is 15.9 Å². The highest BCUT2D eigenvalue weighted by molar-refractivity contribution is 9.11. The molecular formula is C12H12BrNO2S2. The molecule has 0 spiro atoms. The highest BCUT2D eigenvalue weighted by Crippen LogP contribution is 2.35. The second-order valence-corrected chi connectivity index (χ2v) is 7.26. The van der Waals surface area contributed by atoms with Gasteiger partial charge in [0.05, 0.1) is 15.3 Å². The van der Waals surface area contributed by atoms with Crippen LogP contribution in [0.5, 0.6) is 0 Å². The van der Waals surface area contributed by atoms with E-state index in [4.69, 9.17) is 5.11 Å². The van der Waals surface area contributed by atoms with Gasteiger partial charge in [0.2, 0.25) is 0 Å². The lowest BCUT2D eigenvalue weighted by atomic mass is 10.3. The van der Waals surface area contributed by atoms with E-state index in [0.29, 0.717) is 11.4 Å². The van der Waals surface area contributed by atoms with E-state index in [-0.39, 0.29) is 12.5 Å². The van der Waals surface area contributed by atoms with E-state index in [1.165, 1.54) is 16.2 Å². The van der Waals surface area contributed by atoms with Gasteiger partial charge in [-0.05, 0) is 40.2 Å². The summed E-state index contributed by atoms with van der Waals surface area (Å²) in [6, 6.07) is 7.83. The van der Waals surface area contributed by atoms with Crippen molar-refractivity contribution in [2.75, 3.05) is 20.2 Å². The molecule has 2 aromatic rings. The molecule has 0 radical (unpaired) electrons. The fourth-order valence-electron chi connectivity index (χ4n) is 1.47. The molecule has 96 valence electrons. The van der Waals surface area contributed by atoms with E-state index >= 15 is 0 Å². The molecule has 0 fully saturated rings. The molecule has 0 atom stereocenters. The lowest BCUT2D eigenvalue weighted by Crippen LogP contribution is -2.28. The number of carbonyl (C=O) groups is 1. The first-order chi connectivity index (χ1) is 8.61. The van der Waals surface area contributed by atoms with E-state index in [1.807, 2.05) is 24.3 Å². The number of thiophene rings is 2. The van der Waals surface area contributed by atoms with Crippen LogP contribution in [0.25, 0.3) is 9.75 Å². The maximum absolute atomic E-state index is 12.0. The lowest BCUT2D eigenvalue weighted by Gasteiger charge is -2.13. The fraction of sp³-hybridized carbons (Fsp3) is 0.250. The van der Waals surface area contributed by atoms with Gasteiger partial charge in [0.1, 0.15) is 0 Å². The monoisotopic (exact) mass is 345 g/mol. The minimum absolute atomic E-state index is 0.0155. The number of carbonyl (C=O) groups excluding carboxylic acids is 1. The summed E-state index contributed by atoms with van der Waals surface area (Å²) < 4.78 is 1.08. The Morgan fingerprint density at radius 1 is 1.28 bits per heavy atom. The van der Waals surface area contributed by atoms with Crippen LogP contribution < -0.4 is 0 Å². The summed E-state index contributed by atoms with van der Waals surface area (Å²) in [6.07, 6.45) is 0. The van der Waals surface area contributed by atoms with Crippen molar-refractivity contribution in [1.29, 1.82) is 0 Å². The predicted octanol–water partition coefficient (Wildman–Crippen LogP) is 3.30. The zero-order chi connectivity index (χ0) is 13.1. The van der Waals surface area contributed by atoms with Crippen LogP contribution >= 0.6 is 38.6 Å². The molecule has 2 heterocycles. The number of aliphatic hydroxyl groups excluding tert-OH is 1. The third-order valence-corrected chi connectivity index (χ3v) is 5.31. The van der Waals surface area contributed by atoms with Gasteiger partial charge in [-0.15, -0.1) is 22.7 Å². The average molecular weight is 346 g/mol. The number of aliphatic hydroxyl groups is 1. The SMILES string of the molecule is CN(CCO)C(=O)c1ccc(-c2ccc(Br)s2)s1. The largest absolute Gasteiger partial charge is 0.395 e. The number of nitrogens with zero attached hydrogens (tertiary/aromatic N) is 1. The zero-order valence-corrected chi connectivity index (χ0v) is 12.9. The summed E-state index contributed by atoms with van der Waals surface area (Å²) in [4.78, 5) is 16.5. The molecule has 2 rings (SSSR count). The molecule has 0 aromatic carbocycles. The van der Waals surface area contributed by atoms with Crippen molar-refractivity contribution in [3.8, 4) is 9.75 Å². The molecule has 0 saturated heterocycles. The summed E-state index contributed by atoms with van der Waals surface area (Å²) in [5, 5.41) is 8.82. The van der Waals surface area contributed by atoms with Gasteiger partial charge in [0.25, 0.3) is 5.91 Å². The van der Waals surface area contributed by atoms with Gasteiger partial charge in [-0.3, -0.25) is 4.79 Å². The maximum Gasteiger partial charge on any atom is 0.263 e. The van der Waals surface area contributed by atoms with Crippen molar-refractivity contribution < 1.29 is 9.90 Å². The molecule has 0 bridgehead atoms. The van der Waals surface area contributed by atoms with E-state index in [9.17, 15) is 4.79 Å². The summed E-state index contributed by atoms with van der Waals surface area (Å²) in [6.45, 7) is 0.342. The molecule has 0 aliphatic rings. The van der Waals surface area contributed by atoms with Crippen LogP contribution in [0.15, 0.2) is 28.1 Å². The number of rotatable bonds is 4. The maximum atomic E-state index is 12.0. The van der Waals surface area contributed by atoms with Crippen LogP contribution in [-0.4, -0.2) is 36.1 Å². The Balaban J connectivity index is 2.18. The van der Waals surface area contributed by atoms with Gasteiger partial charge in [0.15, 0.2) is 0 Å². The second kappa shape index (κ2) is 5.97. The normalized spacial score (nSPS) is 10.6. The van der Waals surface area contributed by atoms with Crippen molar-refractivity contribution in [2.45, 2.75) is 0 Å². The first kappa shape index (κ1) is 13.7. The Hall–Kier alpha value is -0.690. The summed E-state index contributed by atoms with van der Waals surface area (Å²) >= 11 is 6.55. The number of hydrogen-bond acceptors (Lipinski definition) is 4. The quantitative estimate of drug-likeness (QED) is 0.923. The summed E-state index contributed by atoms with van der Waals surface area (Å²) in [5.74, 6) is -0.0454. The van der Waals surface area contributed by atoms with Crippen LogP contribution in [0.2, 0.25) is 0 Å². The number of amides is 1. The van der Waals surface area contributed by atoms with Crippen LogP contribution in [0.4, 0.5) is 0 Å². The van der Waals surface area contributed by atoms with Gasteiger partial charge < -0.3 is 10.0 Å². The molecule has 0 aliphatic carbocycles. The third-order valence-electron chi connectivity index (χ3n) is 2.41. The lowest BCUT2D eigenvalue weighted by molar-refractivity contribution is 0.0771. The average Bonchev–Trinajstić information content (AvgIpc) is 2.96. The van der Waals surface area contributed by atoms with Crippen LogP contribution in [0.3, 0.4) is 0 Å². The Bertz CT molecular complexity index is 550. The van der Waals surface area contributed by atoms with Crippen molar-refractivity contribution in [1.82, 2.24) is 4.90 Å². The number of hydrogen-bond donors (Lipinski definition) is 1. The van der Waals surface area contributed by atoms with Crippen LogP contribution in [0, 0.1) is 0 Å². The smallest absolute Gasteiger partial charge is 0.263 e. The number of likely N-dealkylation sites (N-methyl/N-ethyl adjacent to an activating group) is 1. The van der Waals surface area contributed by atoms with E-state index in [1.54, 1.807) is 18.4 Å². The van der Waals surface area contributed by atoms with Crippen molar-refractivity contribution in [3.63, 3.8) is 0 Å². The Morgan fingerprint density at radius 2 is 1.94 bits per heavy atom. The first-order valence-electron chi connectivity index (χ1n) is 5.33. The molecule has 0 aliphatic heterocycles. The molecule has 2 aromatic heterocycles. The molecule has 0 unspecified atom stereocenters. The van der Waals surface area contributed by atoms with Crippen LogP contribution in [-0.2, 0) is 0 Å². The summed E-state index contributed by atoms with van der Waals surface area (Å²) in [7, 11) is 1.69. The first-order valence-corrected chi connectivity index (χ1v) is 7.76. The van der Waals surface area contributed by atoms with Gasteiger partial charge >= 0.3 is 0 Å². The molecule has 3 nitrogen and oxygen atoms in total. The minimum atomic E-state index is -0.0454. The summed E-state index contributed by atoms with van der Waals surface area (Å²) in [5.41, 5.74) is 0. The van der Waals surface area contributed by atoms with Gasteiger partial charge in [0, 0.05) is 23.3 Å². The topological polar surface area (TPSA) is 40.5 Å². The van der Waals surface area contributed by atoms with Crippen molar-refractivity contribution >= 4 is 44.5 Å².